The lowest BCUT2D eigenvalue weighted by molar-refractivity contribution is -0.129. The van der Waals surface area contributed by atoms with Crippen molar-refractivity contribution in [3.8, 4) is 5.82 Å². The third-order valence-electron chi connectivity index (χ3n) is 6.60. The van der Waals surface area contributed by atoms with Crippen LogP contribution >= 0.6 is 0 Å². The fourth-order valence-corrected chi connectivity index (χ4v) is 6.63. The van der Waals surface area contributed by atoms with Gasteiger partial charge in [-0.2, -0.15) is 5.10 Å². The van der Waals surface area contributed by atoms with Crippen molar-refractivity contribution >= 4 is 21.8 Å². The van der Waals surface area contributed by atoms with E-state index in [1.54, 1.807) is 17.2 Å². The van der Waals surface area contributed by atoms with Crippen molar-refractivity contribution in [2.75, 3.05) is 24.7 Å². The lowest BCUT2D eigenvalue weighted by Gasteiger charge is -2.29. The summed E-state index contributed by atoms with van der Waals surface area (Å²) in [4.78, 5) is 15.0. The molecule has 0 N–H and O–H groups in total. The minimum atomic E-state index is -3.09. The van der Waals surface area contributed by atoms with Crippen LogP contribution in [0.3, 0.4) is 0 Å². The van der Waals surface area contributed by atoms with Crippen molar-refractivity contribution < 1.29 is 17.9 Å². The first-order chi connectivity index (χ1) is 15.7. The topological polar surface area (TPSA) is 86.4 Å². The standard InChI is InChI=1S/C24H34N4O4S/c1-17(2)28-23(9-11-25-28)27-18(3)14-20(19(27)4)7-8-24(29)26(15-22-6-5-12-32-22)21-10-13-33(30,31)16-21/h7-9,11,14,17,21-22H,5-6,10,12-13,15-16H2,1-4H3/b8-7+/t21-,22+/m1/s1. The zero-order valence-corrected chi connectivity index (χ0v) is 20.7. The minimum absolute atomic E-state index is 0.0213. The molecule has 2 aliphatic heterocycles. The van der Waals surface area contributed by atoms with Crippen LogP contribution in [0.15, 0.2) is 24.4 Å². The molecule has 0 aromatic carbocycles. The van der Waals surface area contributed by atoms with Gasteiger partial charge in [0.2, 0.25) is 5.91 Å². The van der Waals surface area contributed by atoms with Crippen LogP contribution in [-0.2, 0) is 19.4 Å². The molecule has 0 aliphatic carbocycles. The molecule has 0 spiro atoms. The molecule has 1 amide bonds. The second-order valence-corrected chi connectivity index (χ2v) is 11.6. The second-order valence-electron chi connectivity index (χ2n) is 9.41. The van der Waals surface area contributed by atoms with E-state index in [0.29, 0.717) is 19.6 Å². The Morgan fingerprint density at radius 1 is 1.33 bits per heavy atom. The van der Waals surface area contributed by atoms with Gasteiger partial charge in [-0.1, -0.05) is 0 Å². The lowest BCUT2D eigenvalue weighted by atomic mass is 10.1. The zero-order valence-electron chi connectivity index (χ0n) is 19.9. The molecule has 33 heavy (non-hydrogen) atoms. The van der Waals surface area contributed by atoms with Crippen molar-refractivity contribution in [3.05, 3.63) is 41.4 Å². The predicted octanol–water partition coefficient (Wildman–Crippen LogP) is 3.08. The van der Waals surface area contributed by atoms with Crippen LogP contribution in [-0.4, -0.2) is 70.4 Å². The van der Waals surface area contributed by atoms with Crippen LogP contribution in [0.1, 0.15) is 56.1 Å². The molecule has 0 saturated carbocycles. The monoisotopic (exact) mass is 474 g/mol. The van der Waals surface area contributed by atoms with E-state index in [1.165, 1.54) is 0 Å². The first-order valence-electron chi connectivity index (χ1n) is 11.7. The van der Waals surface area contributed by atoms with Gasteiger partial charge in [0.25, 0.3) is 0 Å². The number of hydrogen-bond donors (Lipinski definition) is 0. The molecule has 2 atom stereocenters. The number of hydrogen-bond acceptors (Lipinski definition) is 5. The van der Waals surface area contributed by atoms with Gasteiger partial charge < -0.3 is 14.2 Å². The Morgan fingerprint density at radius 3 is 2.76 bits per heavy atom. The van der Waals surface area contributed by atoms with E-state index < -0.39 is 9.84 Å². The highest BCUT2D eigenvalue weighted by atomic mass is 32.2. The number of amides is 1. The number of carbonyl (C=O) groups is 1. The van der Waals surface area contributed by atoms with E-state index in [0.717, 1.165) is 35.6 Å². The van der Waals surface area contributed by atoms with E-state index in [9.17, 15) is 13.2 Å². The van der Waals surface area contributed by atoms with Gasteiger partial charge in [0, 0.05) is 48.8 Å². The number of aromatic nitrogens is 3. The molecule has 2 saturated heterocycles. The van der Waals surface area contributed by atoms with Crippen molar-refractivity contribution in [2.24, 2.45) is 0 Å². The molecule has 0 radical (unpaired) electrons. The fraction of sp³-hybridized carbons (Fsp3) is 0.583. The minimum Gasteiger partial charge on any atom is -0.376 e. The van der Waals surface area contributed by atoms with Gasteiger partial charge in [-0.25, -0.2) is 13.1 Å². The summed E-state index contributed by atoms with van der Waals surface area (Å²) in [6, 6.07) is 3.99. The average molecular weight is 475 g/mol. The quantitative estimate of drug-likeness (QED) is 0.576. The van der Waals surface area contributed by atoms with Crippen LogP contribution in [0.5, 0.6) is 0 Å². The number of aryl methyl sites for hydroxylation is 1. The van der Waals surface area contributed by atoms with E-state index >= 15 is 0 Å². The third-order valence-corrected chi connectivity index (χ3v) is 8.35. The molecule has 9 heteroatoms. The zero-order chi connectivity index (χ0) is 23.8. The largest absolute Gasteiger partial charge is 0.376 e. The van der Waals surface area contributed by atoms with E-state index in [2.05, 4.69) is 29.6 Å². The van der Waals surface area contributed by atoms with E-state index in [-0.39, 0.29) is 35.6 Å². The van der Waals surface area contributed by atoms with Gasteiger partial charge in [-0.15, -0.1) is 0 Å². The maximum absolute atomic E-state index is 13.2. The van der Waals surface area contributed by atoms with Crippen LogP contribution < -0.4 is 0 Å². The first kappa shape index (κ1) is 23.8. The molecule has 4 rings (SSSR count). The van der Waals surface area contributed by atoms with Gasteiger partial charge >= 0.3 is 0 Å². The Hall–Kier alpha value is -2.39. The SMILES string of the molecule is Cc1cc(/C=C/C(=O)N(C[C@@H]2CCCO2)[C@@H]2CCS(=O)(=O)C2)c(C)n1-c1ccnn1C(C)C. The normalized spacial score (nSPS) is 22.6. The summed E-state index contributed by atoms with van der Waals surface area (Å²) < 4.78 is 34.0. The van der Waals surface area contributed by atoms with E-state index in [4.69, 9.17) is 4.74 Å². The second kappa shape index (κ2) is 9.46. The summed E-state index contributed by atoms with van der Waals surface area (Å²) in [6.45, 7) is 9.39. The van der Waals surface area contributed by atoms with Gasteiger partial charge in [-0.05, 0) is 64.7 Å². The van der Waals surface area contributed by atoms with Crippen LogP contribution in [0, 0.1) is 13.8 Å². The fourth-order valence-electron chi connectivity index (χ4n) is 4.90. The molecule has 0 unspecified atom stereocenters. The Labute approximate surface area is 196 Å². The summed E-state index contributed by atoms with van der Waals surface area (Å²) in [5.41, 5.74) is 3.03. The first-order valence-corrected chi connectivity index (χ1v) is 13.5. The van der Waals surface area contributed by atoms with Crippen molar-refractivity contribution in [1.82, 2.24) is 19.2 Å². The Morgan fingerprint density at radius 2 is 2.12 bits per heavy atom. The maximum atomic E-state index is 13.2. The average Bonchev–Trinajstić information content (AvgIpc) is 3.52. The molecule has 8 nitrogen and oxygen atoms in total. The van der Waals surface area contributed by atoms with Crippen LogP contribution in [0.4, 0.5) is 0 Å². The highest BCUT2D eigenvalue weighted by Crippen LogP contribution is 2.25. The van der Waals surface area contributed by atoms with Gasteiger partial charge in [0.05, 0.1) is 23.8 Å². The summed E-state index contributed by atoms with van der Waals surface area (Å²) in [5, 5.41) is 4.44. The van der Waals surface area contributed by atoms with Crippen LogP contribution in [0.25, 0.3) is 11.9 Å². The van der Waals surface area contributed by atoms with Gasteiger partial charge in [-0.3, -0.25) is 4.79 Å². The van der Waals surface area contributed by atoms with Crippen molar-refractivity contribution in [2.45, 2.75) is 65.1 Å². The summed E-state index contributed by atoms with van der Waals surface area (Å²) in [5.74, 6) is 1.00. The van der Waals surface area contributed by atoms with Crippen LogP contribution in [0.2, 0.25) is 0 Å². The maximum Gasteiger partial charge on any atom is 0.246 e. The summed E-state index contributed by atoms with van der Waals surface area (Å²) in [7, 11) is -3.09. The van der Waals surface area contributed by atoms with Gasteiger partial charge in [0.1, 0.15) is 5.82 Å². The molecule has 2 fully saturated rings. The van der Waals surface area contributed by atoms with E-state index in [1.807, 2.05) is 30.7 Å². The predicted molar refractivity (Wildman–Crippen MR) is 128 cm³/mol. The highest BCUT2D eigenvalue weighted by Gasteiger charge is 2.35. The number of nitrogens with zero attached hydrogens (tertiary/aromatic N) is 4. The molecular weight excluding hydrogens is 440 g/mol. The van der Waals surface area contributed by atoms with Crippen molar-refractivity contribution in [3.63, 3.8) is 0 Å². The van der Waals surface area contributed by atoms with Crippen molar-refractivity contribution in [1.29, 1.82) is 0 Å². The number of sulfone groups is 1. The lowest BCUT2D eigenvalue weighted by Crippen LogP contribution is -2.44. The molecule has 0 bridgehead atoms. The number of carbonyl (C=O) groups excluding carboxylic acids is 1. The molecule has 2 aliphatic rings. The highest BCUT2D eigenvalue weighted by molar-refractivity contribution is 7.91. The molecule has 2 aromatic heterocycles. The molecule has 4 heterocycles. The molecular formula is C24H34N4O4S. The third kappa shape index (κ3) is 5.09. The smallest absolute Gasteiger partial charge is 0.246 e. The van der Waals surface area contributed by atoms with Gasteiger partial charge in [0.15, 0.2) is 9.84 Å². The number of ether oxygens (including phenoxy) is 1. The number of rotatable bonds is 7. The molecule has 2 aromatic rings. The Kier molecular flexibility index (Phi) is 6.81. The summed E-state index contributed by atoms with van der Waals surface area (Å²) >= 11 is 0. The molecule has 180 valence electrons. The Bertz CT molecular complexity index is 1140. The summed E-state index contributed by atoms with van der Waals surface area (Å²) in [6.07, 6.45) is 7.55. The Balaban J connectivity index is 1.57.